The van der Waals surface area contributed by atoms with E-state index in [-0.39, 0.29) is 18.2 Å². The Bertz CT molecular complexity index is 898. The number of halogens is 5. The molecule has 2 aliphatic carbocycles. The van der Waals surface area contributed by atoms with Crippen LogP contribution in [0.3, 0.4) is 0 Å². The number of carbonyl (C=O) groups is 1. The lowest BCUT2D eigenvalue weighted by atomic mass is 9.75. The monoisotopic (exact) mass is 385 g/mol. The predicted octanol–water partition coefficient (Wildman–Crippen LogP) is 4.48. The van der Waals surface area contributed by atoms with Gasteiger partial charge in [0.25, 0.3) is 0 Å². The van der Waals surface area contributed by atoms with Crippen LogP contribution in [0.5, 0.6) is 0 Å². The Morgan fingerprint density at radius 2 is 2.04 bits per heavy atom. The second-order valence-electron chi connectivity index (χ2n) is 6.82. The third kappa shape index (κ3) is 3.29. The molecule has 1 unspecified atom stereocenters. The molecule has 2 heterocycles. The molecule has 2 aromatic rings. The second-order valence-corrected chi connectivity index (χ2v) is 6.82. The molecule has 2 aliphatic rings. The first-order chi connectivity index (χ1) is 12.7. The molecule has 9 heteroatoms. The Balaban J connectivity index is 0.000000168. The van der Waals surface area contributed by atoms with Crippen molar-refractivity contribution < 1.29 is 26.7 Å². The highest BCUT2D eigenvalue weighted by Gasteiger charge is 2.71. The number of hydrogen-bond donors (Lipinski definition) is 0. The van der Waals surface area contributed by atoms with Crippen LogP contribution in [0.4, 0.5) is 22.0 Å². The number of nitrogens with zero attached hydrogens (tertiary/aromatic N) is 3. The van der Waals surface area contributed by atoms with Gasteiger partial charge in [0.2, 0.25) is 5.95 Å². The number of aldehydes is 1. The lowest BCUT2D eigenvalue weighted by Gasteiger charge is -2.42. The molecule has 4 nitrogen and oxygen atoms in total. The van der Waals surface area contributed by atoms with Gasteiger partial charge in [-0.3, -0.25) is 0 Å². The molecule has 0 spiro atoms. The molecule has 1 atom stereocenters. The molecular weight excluding hydrogens is 369 g/mol. The molecule has 0 radical (unpaired) electrons. The van der Waals surface area contributed by atoms with Crippen LogP contribution in [0.25, 0.3) is 5.52 Å². The van der Waals surface area contributed by atoms with Gasteiger partial charge < -0.3 is 4.79 Å². The van der Waals surface area contributed by atoms with Crippen molar-refractivity contribution in [2.75, 3.05) is 0 Å². The highest BCUT2D eigenvalue weighted by atomic mass is 19.3. The van der Waals surface area contributed by atoms with Gasteiger partial charge in [0, 0.05) is 30.5 Å². The summed E-state index contributed by atoms with van der Waals surface area (Å²) in [6, 6.07) is 5.42. The molecule has 0 bridgehead atoms. The predicted molar refractivity (Wildman–Crippen MR) is 85.1 cm³/mol. The van der Waals surface area contributed by atoms with Crippen molar-refractivity contribution in [3.8, 4) is 6.07 Å². The van der Waals surface area contributed by atoms with Crippen LogP contribution in [0.1, 0.15) is 49.1 Å². The summed E-state index contributed by atoms with van der Waals surface area (Å²) in [7, 11) is 0. The van der Waals surface area contributed by atoms with Crippen LogP contribution in [-0.2, 0) is 4.79 Å². The highest BCUT2D eigenvalue weighted by Crippen LogP contribution is 2.56. The van der Waals surface area contributed by atoms with E-state index in [4.69, 9.17) is 5.26 Å². The van der Waals surface area contributed by atoms with Crippen molar-refractivity contribution in [3.05, 3.63) is 35.4 Å². The maximum absolute atomic E-state index is 13.7. The molecule has 2 fully saturated rings. The minimum absolute atomic E-state index is 0.244. The zero-order valence-electron chi connectivity index (χ0n) is 14.1. The fraction of sp³-hybridized carbons (Fsp3) is 0.500. The Morgan fingerprint density at radius 1 is 1.33 bits per heavy atom. The summed E-state index contributed by atoms with van der Waals surface area (Å²) >= 11 is 0. The smallest absolute Gasteiger partial charge is 0.303 e. The molecule has 0 aliphatic heterocycles. The Kier molecular flexibility index (Phi) is 4.93. The van der Waals surface area contributed by atoms with E-state index in [9.17, 15) is 26.7 Å². The molecule has 2 saturated carbocycles. The van der Waals surface area contributed by atoms with E-state index in [1.165, 1.54) is 4.52 Å². The van der Waals surface area contributed by atoms with Gasteiger partial charge in [0.05, 0.1) is 17.1 Å². The van der Waals surface area contributed by atoms with E-state index < -0.39 is 30.6 Å². The summed E-state index contributed by atoms with van der Waals surface area (Å²) < 4.78 is 63.8. The molecule has 27 heavy (non-hydrogen) atoms. The van der Waals surface area contributed by atoms with Crippen molar-refractivity contribution in [2.45, 2.75) is 49.9 Å². The molecule has 0 N–H and O–H groups in total. The summed E-state index contributed by atoms with van der Waals surface area (Å²) in [6.45, 7) is 0. The largest absolute Gasteiger partial charge is 0.313 e. The maximum atomic E-state index is 13.7. The number of alkyl halides is 4. The first-order valence-corrected chi connectivity index (χ1v) is 8.48. The minimum atomic E-state index is -3.98. The number of fused-ring (bicyclic) bond motifs is 1. The number of rotatable bonds is 3. The third-order valence-electron chi connectivity index (χ3n) is 5.15. The van der Waals surface area contributed by atoms with E-state index in [1.54, 1.807) is 18.3 Å². The molecular formula is C18H16F5N3O. The van der Waals surface area contributed by atoms with Crippen LogP contribution >= 0.6 is 0 Å². The van der Waals surface area contributed by atoms with Gasteiger partial charge in [-0.05, 0) is 30.9 Å². The quantitative estimate of drug-likeness (QED) is 0.578. The van der Waals surface area contributed by atoms with Crippen molar-refractivity contribution in [3.63, 3.8) is 0 Å². The Hall–Kier alpha value is -2.50. The van der Waals surface area contributed by atoms with Crippen LogP contribution in [0, 0.1) is 23.2 Å². The fourth-order valence-corrected chi connectivity index (χ4v) is 3.27. The van der Waals surface area contributed by atoms with Gasteiger partial charge in [-0.15, -0.1) is 5.10 Å². The van der Waals surface area contributed by atoms with Crippen LogP contribution in [0.2, 0.25) is 0 Å². The van der Waals surface area contributed by atoms with Gasteiger partial charge >= 0.3 is 11.8 Å². The van der Waals surface area contributed by atoms with E-state index in [1.807, 2.05) is 0 Å². The minimum Gasteiger partial charge on any atom is -0.303 e. The lowest BCUT2D eigenvalue weighted by Crippen LogP contribution is -2.58. The Labute approximate surface area is 151 Å². The first kappa shape index (κ1) is 19.3. The molecule has 4 rings (SSSR count). The van der Waals surface area contributed by atoms with Crippen molar-refractivity contribution in [1.82, 2.24) is 9.61 Å². The standard InChI is InChI=1S/C12H10FN3.C6H6F4O/c13-12-11(9-2-1-3-9)10-6-8(7-14)4-5-16(10)15-12;7-5(8)3-4(1-2-11)6(5,9)10/h4-6,9H,1-3H2;2,4H,1,3H2. The van der Waals surface area contributed by atoms with E-state index in [0.29, 0.717) is 11.1 Å². The number of nitriles is 1. The molecule has 0 aromatic carbocycles. The molecule has 144 valence electrons. The summed E-state index contributed by atoms with van der Waals surface area (Å²) in [5, 5.41) is 12.7. The normalized spacial score (nSPS) is 22.7. The van der Waals surface area contributed by atoms with Gasteiger partial charge in [-0.25, -0.2) is 4.52 Å². The average molecular weight is 385 g/mol. The molecule has 0 amide bonds. The summed E-state index contributed by atoms with van der Waals surface area (Å²) in [5.74, 6) is -9.45. The average Bonchev–Trinajstić information content (AvgIpc) is 2.89. The van der Waals surface area contributed by atoms with Crippen molar-refractivity contribution in [1.29, 1.82) is 5.26 Å². The number of aromatic nitrogens is 2. The number of carbonyl (C=O) groups excluding carboxylic acids is 1. The maximum Gasteiger partial charge on any atom is 0.313 e. The fourth-order valence-electron chi connectivity index (χ4n) is 3.27. The van der Waals surface area contributed by atoms with Gasteiger partial charge in [0.1, 0.15) is 6.29 Å². The van der Waals surface area contributed by atoms with Gasteiger partial charge in [-0.2, -0.15) is 27.2 Å². The topological polar surface area (TPSA) is 58.2 Å². The van der Waals surface area contributed by atoms with Crippen molar-refractivity contribution >= 4 is 11.8 Å². The van der Waals surface area contributed by atoms with E-state index in [0.717, 1.165) is 24.8 Å². The highest BCUT2D eigenvalue weighted by molar-refractivity contribution is 5.59. The van der Waals surface area contributed by atoms with Gasteiger partial charge in [0.15, 0.2) is 0 Å². The van der Waals surface area contributed by atoms with Gasteiger partial charge in [-0.1, -0.05) is 6.42 Å². The van der Waals surface area contributed by atoms with Crippen LogP contribution < -0.4 is 0 Å². The summed E-state index contributed by atoms with van der Waals surface area (Å²) in [4.78, 5) is 9.73. The van der Waals surface area contributed by atoms with Crippen LogP contribution in [-0.4, -0.2) is 27.7 Å². The summed E-state index contributed by atoms with van der Waals surface area (Å²) in [5.41, 5.74) is 1.97. The molecule has 2 aromatic heterocycles. The number of hydrogen-bond acceptors (Lipinski definition) is 3. The second kappa shape index (κ2) is 6.91. The SMILES string of the molecule is N#Cc1ccn2nc(F)c(C3CCC3)c2c1.O=CCC1CC(F)(F)C1(F)F. The zero-order chi connectivity index (χ0) is 19.8. The third-order valence-corrected chi connectivity index (χ3v) is 5.15. The van der Waals surface area contributed by atoms with Crippen LogP contribution in [0.15, 0.2) is 18.3 Å². The van der Waals surface area contributed by atoms with Crippen molar-refractivity contribution in [2.24, 2.45) is 5.92 Å². The first-order valence-electron chi connectivity index (χ1n) is 8.48. The summed E-state index contributed by atoms with van der Waals surface area (Å²) in [6.07, 6.45) is 3.72. The van der Waals surface area contributed by atoms with E-state index >= 15 is 0 Å². The Morgan fingerprint density at radius 3 is 2.52 bits per heavy atom. The zero-order valence-corrected chi connectivity index (χ0v) is 14.1. The number of pyridine rings is 1. The molecule has 0 saturated heterocycles. The lowest BCUT2D eigenvalue weighted by molar-refractivity contribution is -0.312. The van der Waals surface area contributed by atoms with E-state index in [2.05, 4.69) is 11.2 Å².